The highest BCUT2D eigenvalue weighted by atomic mass is 16.5. The molecule has 0 saturated carbocycles. The molecule has 0 bridgehead atoms. The van der Waals surface area contributed by atoms with Gasteiger partial charge in [0.2, 0.25) is 5.91 Å². The molecule has 6 heteroatoms. The molecule has 0 aliphatic carbocycles. The van der Waals surface area contributed by atoms with E-state index in [9.17, 15) is 4.79 Å². The van der Waals surface area contributed by atoms with Crippen LogP contribution in [0.25, 0.3) is 0 Å². The highest BCUT2D eigenvalue weighted by molar-refractivity contribution is 5.92. The van der Waals surface area contributed by atoms with Crippen molar-refractivity contribution in [1.29, 1.82) is 0 Å². The number of amides is 1. The molecule has 1 aromatic carbocycles. The van der Waals surface area contributed by atoms with Crippen LogP contribution in [0.3, 0.4) is 0 Å². The molecule has 0 aliphatic rings. The molecule has 1 rings (SSSR count). The van der Waals surface area contributed by atoms with E-state index in [0.717, 1.165) is 19.5 Å². The van der Waals surface area contributed by atoms with Crippen molar-refractivity contribution in [2.45, 2.75) is 12.8 Å². The first-order chi connectivity index (χ1) is 10.6. The first-order valence-corrected chi connectivity index (χ1v) is 7.44. The molecule has 0 atom stereocenters. The van der Waals surface area contributed by atoms with E-state index < -0.39 is 0 Å². The predicted molar refractivity (Wildman–Crippen MR) is 88.8 cm³/mol. The van der Waals surface area contributed by atoms with Gasteiger partial charge in [-0.05, 0) is 45.7 Å². The predicted octanol–water partition coefficient (Wildman–Crippen LogP) is 1.57. The van der Waals surface area contributed by atoms with Crippen LogP contribution >= 0.6 is 0 Å². The minimum atomic E-state index is -0.0384. The zero-order valence-corrected chi connectivity index (χ0v) is 13.9. The van der Waals surface area contributed by atoms with Gasteiger partial charge in [-0.15, -0.1) is 0 Å². The number of ether oxygens (including phenoxy) is 2. The van der Waals surface area contributed by atoms with Crippen LogP contribution in [-0.4, -0.2) is 58.8 Å². The Bertz CT molecular complexity index is 464. The van der Waals surface area contributed by atoms with Gasteiger partial charge in [0.05, 0.1) is 19.9 Å². The molecule has 6 nitrogen and oxygen atoms in total. The second-order valence-electron chi connectivity index (χ2n) is 5.27. The van der Waals surface area contributed by atoms with Crippen molar-refractivity contribution in [1.82, 2.24) is 10.2 Å². The van der Waals surface area contributed by atoms with E-state index in [2.05, 4.69) is 29.6 Å². The third-order valence-corrected chi connectivity index (χ3v) is 3.17. The number of nitrogens with one attached hydrogen (secondary N) is 2. The van der Waals surface area contributed by atoms with E-state index in [-0.39, 0.29) is 5.91 Å². The number of methoxy groups -OCH3 is 2. The van der Waals surface area contributed by atoms with Crippen LogP contribution in [0.2, 0.25) is 0 Å². The summed E-state index contributed by atoms with van der Waals surface area (Å²) < 4.78 is 10.4. The molecule has 124 valence electrons. The van der Waals surface area contributed by atoms with Crippen LogP contribution in [0.1, 0.15) is 12.8 Å². The standard InChI is InChI=1S/C16H27N3O3/c1-19(2)11-5-9-17-10-8-16(20)18-14-7-6-13(21-3)12-15(14)22-4/h6-7,12,17H,5,8-11H2,1-4H3,(H,18,20). The van der Waals surface area contributed by atoms with Gasteiger partial charge in [-0.2, -0.15) is 0 Å². The average Bonchev–Trinajstić information content (AvgIpc) is 2.50. The van der Waals surface area contributed by atoms with Crippen molar-refractivity contribution in [3.63, 3.8) is 0 Å². The maximum Gasteiger partial charge on any atom is 0.225 e. The molecule has 1 aromatic rings. The van der Waals surface area contributed by atoms with Crippen molar-refractivity contribution in [2.24, 2.45) is 0 Å². The average molecular weight is 309 g/mol. The maximum atomic E-state index is 11.9. The molecule has 0 aromatic heterocycles. The van der Waals surface area contributed by atoms with Crippen LogP contribution < -0.4 is 20.1 Å². The smallest absolute Gasteiger partial charge is 0.225 e. The number of rotatable bonds is 10. The Morgan fingerprint density at radius 1 is 1.18 bits per heavy atom. The van der Waals surface area contributed by atoms with E-state index in [1.54, 1.807) is 32.4 Å². The monoisotopic (exact) mass is 309 g/mol. The molecule has 0 radical (unpaired) electrons. The summed E-state index contributed by atoms with van der Waals surface area (Å²) in [7, 11) is 7.26. The normalized spacial score (nSPS) is 10.6. The Hall–Kier alpha value is -1.79. The van der Waals surface area contributed by atoms with Gasteiger partial charge in [-0.25, -0.2) is 0 Å². The molecule has 2 N–H and O–H groups in total. The number of benzene rings is 1. The number of anilines is 1. The Kier molecular flexibility index (Phi) is 8.32. The first-order valence-electron chi connectivity index (χ1n) is 7.44. The lowest BCUT2D eigenvalue weighted by molar-refractivity contribution is -0.116. The molecule has 0 aliphatic heterocycles. The largest absolute Gasteiger partial charge is 0.497 e. The van der Waals surface area contributed by atoms with Gasteiger partial charge in [-0.3, -0.25) is 4.79 Å². The van der Waals surface area contributed by atoms with E-state index in [1.165, 1.54) is 0 Å². The van der Waals surface area contributed by atoms with Crippen molar-refractivity contribution in [3.8, 4) is 11.5 Å². The number of nitrogens with zero attached hydrogens (tertiary/aromatic N) is 1. The highest BCUT2D eigenvalue weighted by Crippen LogP contribution is 2.28. The topological polar surface area (TPSA) is 62.8 Å². The zero-order valence-electron chi connectivity index (χ0n) is 13.9. The molecule has 1 amide bonds. The third kappa shape index (κ3) is 6.78. The van der Waals surface area contributed by atoms with Crippen molar-refractivity contribution < 1.29 is 14.3 Å². The summed E-state index contributed by atoms with van der Waals surface area (Å²) in [5, 5.41) is 6.12. The fourth-order valence-corrected chi connectivity index (χ4v) is 1.96. The Balaban J connectivity index is 2.33. The van der Waals surface area contributed by atoms with Crippen LogP contribution in [0.15, 0.2) is 18.2 Å². The van der Waals surface area contributed by atoms with Crippen LogP contribution in [0, 0.1) is 0 Å². The summed E-state index contributed by atoms with van der Waals surface area (Å²) in [6.07, 6.45) is 1.50. The number of carbonyl (C=O) groups excluding carboxylic acids is 1. The lowest BCUT2D eigenvalue weighted by atomic mass is 10.2. The fourth-order valence-electron chi connectivity index (χ4n) is 1.96. The Morgan fingerprint density at radius 3 is 2.59 bits per heavy atom. The summed E-state index contributed by atoms with van der Waals surface area (Å²) in [5.41, 5.74) is 0.654. The van der Waals surface area contributed by atoms with E-state index in [0.29, 0.717) is 30.2 Å². The van der Waals surface area contributed by atoms with E-state index in [4.69, 9.17) is 9.47 Å². The van der Waals surface area contributed by atoms with Gasteiger partial charge < -0.3 is 25.0 Å². The van der Waals surface area contributed by atoms with E-state index in [1.807, 2.05) is 0 Å². The molecule has 0 heterocycles. The Labute approximate surface area is 132 Å². The Morgan fingerprint density at radius 2 is 1.95 bits per heavy atom. The van der Waals surface area contributed by atoms with Crippen molar-refractivity contribution in [2.75, 3.05) is 53.3 Å². The second-order valence-corrected chi connectivity index (χ2v) is 5.27. The maximum absolute atomic E-state index is 11.9. The summed E-state index contributed by atoms with van der Waals surface area (Å²) in [6.45, 7) is 2.62. The molecule has 0 spiro atoms. The molecular weight excluding hydrogens is 282 g/mol. The van der Waals surface area contributed by atoms with Gasteiger partial charge >= 0.3 is 0 Å². The first kappa shape index (κ1) is 18.3. The second kappa shape index (κ2) is 10.0. The van der Waals surface area contributed by atoms with Crippen LogP contribution in [0.4, 0.5) is 5.69 Å². The lowest BCUT2D eigenvalue weighted by Crippen LogP contribution is -2.25. The summed E-state index contributed by atoms with van der Waals surface area (Å²) >= 11 is 0. The van der Waals surface area contributed by atoms with Crippen molar-refractivity contribution in [3.05, 3.63) is 18.2 Å². The fraction of sp³-hybridized carbons (Fsp3) is 0.562. The highest BCUT2D eigenvalue weighted by Gasteiger charge is 2.08. The zero-order chi connectivity index (χ0) is 16.4. The molecular formula is C16H27N3O3. The summed E-state index contributed by atoms with van der Waals surface area (Å²) in [4.78, 5) is 14.1. The van der Waals surface area contributed by atoms with Gasteiger partial charge in [0.25, 0.3) is 0 Å². The molecule has 22 heavy (non-hydrogen) atoms. The minimum absolute atomic E-state index is 0.0384. The van der Waals surface area contributed by atoms with Crippen molar-refractivity contribution >= 4 is 11.6 Å². The van der Waals surface area contributed by atoms with Crippen LogP contribution in [-0.2, 0) is 4.79 Å². The number of carbonyl (C=O) groups is 1. The quantitative estimate of drug-likeness (QED) is 0.643. The number of hydrogen-bond acceptors (Lipinski definition) is 5. The van der Waals surface area contributed by atoms with Crippen LogP contribution in [0.5, 0.6) is 11.5 Å². The van der Waals surface area contributed by atoms with Gasteiger partial charge in [-0.1, -0.05) is 0 Å². The summed E-state index contributed by atoms with van der Waals surface area (Å²) in [6, 6.07) is 5.31. The third-order valence-electron chi connectivity index (χ3n) is 3.17. The van der Waals surface area contributed by atoms with Gasteiger partial charge in [0.15, 0.2) is 0 Å². The SMILES string of the molecule is COc1ccc(NC(=O)CCNCCCN(C)C)c(OC)c1. The lowest BCUT2D eigenvalue weighted by Gasteiger charge is -2.12. The van der Waals surface area contributed by atoms with E-state index >= 15 is 0 Å². The molecule has 0 saturated heterocycles. The molecule has 0 fully saturated rings. The minimum Gasteiger partial charge on any atom is -0.497 e. The number of hydrogen-bond donors (Lipinski definition) is 2. The van der Waals surface area contributed by atoms with Gasteiger partial charge in [0, 0.05) is 19.0 Å². The summed E-state index contributed by atoms with van der Waals surface area (Å²) in [5.74, 6) is 1.24. The molecule has 0 unspecified atom stereocenters. The van der Waals surface area contributed by atoms with Gasteiger partial charge in [0.1, 0.15) is 11.5 Å².